The Morgan fingerprint density at radius 2 is 2.12 bits per heavy atom. The molecule has 0 aromatic carbocycles. The molecule has 1 N–H and O–H groups in total. The number of aromatic nitrogens is 2. The number of aliphatic hydroxyl groups excluding tert-OH is 1. The highest BCUT2D eigenvalue weighted by atomic mass is 32.1. The van der Waals surface area contributed by atoms with E-state index < -0.39 is 6.10 Å². The molecule has 0 saturated carbocycles. The molecule has 0 aliphatic rings. The first kappa shape index (κ1) is 12.2. The first-order valence-electron chi connectivity index (χ1n) is 5.58. The van der Waals surface area contributed by atoms with Crippen LogP contribution < -0.4 is 0 Å². The van der Waals surface area contributed by atoms with Crippen LogP contribution in [0.25, 0.3) is 0 Å². The topological polar surface area (TPSA) is 46.0 Å². The van der Waals surface area contributed by atoms with Crippen molar-refractivity contribution in [3.05, 3.63) is 45.2 Å². The molecule has 1 atom stereocenters. The van der Waals surface area contributed by atoms with Gasteiger partial charge in [0.25, 0.3) is 0 Å². The summed E-state index contributed by atoms with van der Waals surface area (Å²) in [6.45, 7) is 5.94. The quantitative estimate of drug-likeness (QED) is 0.908. The minimum atomic E-state index is -0.568. The van der Waals surface area contributed by atoms with Gasteiger partial charge in [0.1, 0.15) is 6.10 Å². The molecule has 1 unspecified atom stereocenters. The van der Waals surface area contributed by atoms with Crippen molar-refractivity contribution in [2.45, 2.75) is 33.3 Å². The SMILES string of the molecule is Cc1cnc(C(O)Cc2nc(C)cs2)c(C)c1. The average Bonchev–Trinajstić information content (AvgIpc) is 2.63. The lowest BCUT2D eigenvalue weighted by Gasteiger charge is -2.11. The number of hydrogen-bond donors (Lipinski definition) is 1. The zero-order chi connectivity index (χ0) is 12.4. The summed E-state index contributed by atoms with van der Waals surface area (Å²) in [5.41, 5.74) is 3.91. The molecule has 0 amide bonds. The highest BCUT2D eigenvalue weighted by Gasteiger charge is 2.14. The molecule has 90 valence electrons. The Morgan fingerprint density at radius 1 is 1.35 bits per heavy atom. The molecular weight excluding hydrogens is 232 g/mol. The van der Waals surface area contributed by atoms with Gasteiger partial charge in [-0.25, -0.2) is 4.98 Å². The van der Waals surface area contributed by atoms with E-state index >= 15 is 0 Å². The fraction of sp³-hybridized carbons (Fsp3) is 0.385. The van der Waals surface area contributed by atoms with Crippen molar-refractivity contribution in [1.82, 2.24) is 9.97 Å². The highest BCUT2D eigenvalue weighted by molar-refractivity contribution is 7.09. The molecule has 0 aliphatic heterocycles. The Kier molecular flexibility index (Phi) is 3.54. The Hall–Kier alpha value is -1.26. The fourth-order valence-corrected chi connectivity index (χ4v) is 2.64. The van der Waals surface area contributed by atoms with Crippen molar-refractivity contribution in [1.29, 1.82) is 0 Å². The Labute approximate surface area is 105 Å². The molecule has 2 heterocycles. The van der Waals surface area contributed by atoms with Crippen LogP contribution in [0.5, 0.6) is 0 Å². The van der Waals surface area contributed by atoms with Crippen molar-refractivity contribution in [3.8, 4) is 0 Å². The number of aliphatic hydroxyl groups is 1. The third-order valence-corrected chi connectivity index (χ3v) is 3.59. The minimum absolute atomic E-state index is 0.537. The van der Waals surface area contributed by atoms with Crippen LogP contribution in [0.3, 0.4) is 0 Å². The largest absolute Gasteiger partial charge is 0.386 e. The van der Waals surface area contributed by atoms with Crippen molar-refractivity contribution in [2.24, 2.45) is 0 Å². The van der Waals surface area contributed by atoms with Crippen LogP contribution in [-0.2, 0) is 6.42 Å². The lowest BCUT2D eigenvalue weighted by atomic mass is 10.1. The Bertz CT molecular complexity index is 522. The van der Waals surface area contributed by atoms with Crippen LogP contribution in [0.1, 0.15) is 33.6 Å². The van der Waals surface area contributed by atoms with Gasteiger partial charge in [-0.05, 0) is 31.9 Å². The predicted molar refractivity (Wildman–Crippen MR) is 69.2 cm³/mol. The zero-order valence-electron chi connectivity index (χ0n) is 10.3. The highest BCUT2D eigenvalue weighted by Crippen LogP contribution is 2.21. The molecule has 0 saturated heterocycles. The molecule has 2 aromatic rings. The van der Waals surface area contributed by atoms with Gasteiger partial charge in [-0.1, -0.05) is 6.07 Å². The summed E-state index contributed by atoms with van der Waals surface area (Å²) in [4.78, 5) is 8.66. The van der Waals surface area contributed by atoms with Crippen molar-refractivity contribution in [2.75, 3.05) is 0 Å². The molecule has 0 radical (unpaired) electrons. The van der Waals surface area contributed by atoms with Gasteiger partial charge in [0.05, 0.1) is 10.7 Å². The van der Waals surface area contributed by atoms with E-state index in [9.17, 15) is 5.11 Å². The standard InChI is InChI=1S/C13H16N2OS/c1-8-4-9(2)13(14-6-8)11(16)5-12-15-10(3)7-17-12/h4,6-7,11,16H,5H2,1-3H3. The summed E-state index contributed by atoms with van der Waals surface area (Å²) in [5.74, 6) is 0. The van der Waals surface area contributed by atoms with Gasteiger partial charge in [0, 0.05) is 23.7 Å². The molecule has 2 rings (SSSR count). The predicted octanol–water partition coefficient (Wildman–Crippen LogP) is 2.74. The fourth-order valence-electron chi connectivity index (χ4n) is 1.83. The molecule has 3 nitrogen and oxygen atoms in total. The molecule has 0 spiro atoms. The molecule has 17 heavy (non-hydrogen) atoms. The summed E-state index contributed by atoms with van der Waals surface area (Å²) < 4.78 is 0. The zero-order valence-corrected chi connectivity index (χ0v) is 11.1. The Balaban J connectivity index is 2.17. The van der Waals surface area contributed by atoms with E-state index in [1.54, 1.807) is 17.5 Å². The summed E-state index contributed by atoms with van der Waals surface area (Å²) in [5, 5.41) is 13.1. The summed E-state index contributed by atoms with van der Waals surface area (Å²) in [6, 6.07) is 2.04. The maximum absolute atomic E-state index is 10.2. The number of nitrogens with zero attached hydrogens (tertiary/aromatic N) is 2. The number of aryl methyl sites for hydroxylation is 3. The third kappa shape index (κ3) is 2.90. The Morgan fingerprint density at radius 3 is 2.71 bits per heavy atom. The second kappa shape index (κ2) is 4.94. The number of pyridine rings is 1. The van der Waals surface area contributed by atoms with Crippen molar-refractivity contribution in [3.63, 3.8) is 0 Å². The number of rotatable bonds is 3. The van der Waals surface area contributed by atoms with Gasteiger partial charge in [0.15, 0.2) is 0 Å². The van der Waals surface area contributed by atoms with E-state index in [1.807, 2.05) is 32.2 Å². The third-order valence-electron chi connectivity index (χ3n) is 2.61. The molecule has 4 heteroatoms. The van der Waals surface area contributed by atoms with Crippen LogP contribution >= 0.6 is 11.3 Å². The van der Waals surface area contributed by atoms with Gasteiger partial charge in [-0.15, -0.1) is 11.3 Å². The first-order valence-corrected chi connectivity index (χ1v) is 6.46. The first-order chi connectivity index (χ1) is 8.06. The van der Waals surface area contributed by atoms with E-state index in [1.165, 1.54) is 0 Å². The second-order valence-electron chi connectivity index (χ2n) is 4.32. The van der Waals surface area contributed by atoms with Gasteiger partial charge in [0.2, 0.25) is 0 Å². The van der Waals surface area contributed by atoms with Gasteiger partial charge < -0.3 is 5.11 Å². The maximum atomic E-state index is 10.2. The minimum Gasteiger partial charge on any atom is -0.386 e. The van der Waals surface area contributed by atoms with Crippen LogP contribution in [0.4, 0.5) is 0 Å². The van der Waals surface area contributed by atoms with Gasteiger partial charge in [-0.2, -0.15) is 0 Å². The summed E-state index contributed by atoms with van der Waals surface area (Å²) >= 11 is 1.58. The molecule has 0 fully saturated rings. The number of thiazole rings is 1. The van der Waals surface area contributed by atoms with Crippen LogP contribution in [-0.4, -0.2) is 15.1 Å². The van der Waals surface area contributed by atoms with Gasteiger partial charge >= 0.3 is 0 Å². The monoisotopic (exact) mass is 248 g/mol. The average molecular weight is 248 g/mol. The maximum Gasteiger partial charge on any atom is 0.103 e. The second-order valence-corrected chi connectivity index (χ2v) is 5.26. The van der Waals surface area contributed by atoms with Crippen LogP contribution in [0.2, 0.25) is 0 Å². The summed E-state index contributed by atoms with van der Waals surface area (Å²) in [6.07, 6.45) is 1.76. The van der Waals surface area contributed by atoms with Crippen LogP contribution in [0.15, 0.2) is 17.6 Å². The van der Waals surface area contributed by atoms with E-state index in [2.05, 4.69) is 9.97 Å². The lowest BCUT2D eigenvalue weighted by Crippen LogP contribution is -2.06. The van der Waals surface area contributed by atoms with E-state index in [-0.39, 0.29) is 0 Å². The number of hydrogen-bond acceptors (Lipinski definition) is 4. The van der Waals surface area contributed by atoms with E-state index in [4.69, 9.17) is 0 Å². The molecular formula is C13H16N2OS. The normalized spacial score (nSPS) is 12.7. The van der Waals surface area contributed by atoms with Crippen molar-refractivity contribution >= 4 is 11.3 Å². The molecule has 2 aromatic heterocycles. The smallest absolute Gasteiger partial charge is 0.103 e. The molecule has 0 bridgehead atoms. The van der Waals surface area contributed by atoms with Crippen molar-refractivity contribution < 1.29 is 5.11 Å². The van der Waals surface area contributed by atoms with Gasteiger partial charge in [-0.3, -0.25) is 4.98 Å². The van der Waals surface area contributed by atoms with E-state index in [0.29, 0.717) is 6.42 Å². The van der Waals surface area contributed by atoms with E-state index in [0.717, 1.165) is 27.5 Å². The summed E-state index contributed by atoms with van der Waals surface area (Å²) in [7, 11) is 0. The lowest BCUT2D eigenvalue weighted by molar-refractivity contribution is 0.172. The van der Waals surface area contributed by atoms with Crippen LogP contribution in [0, 0.1) is 20.8 Å². The molecule has 0 aliphatic carbocycles.